The molecule has 1 atom stereocenters. The Bertz CT molecular complexity index is 782. The Balaban J connectivity index is 1.88. The maximum Gasteiger partial charge on any atom is 0.223 e. The molecule has 1 unspecified atom stereocenters. The molecule has 0 saturated heterocycles. The number of para-hydroxylation sites is 2. The van der Waals surface area contributed by atoms with E-state index in [-0.39, 0.29) is 6.04 Å². The lowest BCUT2D eigenvalue weighted by Gasteiger charge is -2.13. The lowest BCUT2D eigenvalue weighted by molar-refractivity contribution is 0.460. The second-order valence-corrected chi connectivity index (χ2v) is 5.64. The number of ether oxygens (including phenoxy) is 1. The van der Waals surface area contributed by atoms with Gasteiger partial charge in [0.05, 0.1) is 11.4 Å². The quantitative estimate of drug-likeness (QED) is 0.816. The number of nitrogens with one attached hydrogen (secondary N) is 2. The topological polar surface area (TPSA) is 82.9 Å². The van der Waals surface area contributed by atoms with Gasteiger partial charge in [-0.15, -0.1) is 0 Å². The Hall–Kier alpha value is -3.07. The molecule has 0 spiro atoms. The van der Waals surface area contributed by atoms with Crippen LogP contribution in [-0.2, 0) is 0 Å². The molecule has 0 aliphatic carbocycles. The minimum atomic E-state index is 0.272. The maximum absolute atomic E-state index is 9.57. The van der Waals surface area contributed by atoms with Crippen molar-refractivity contribution in [2.75, 3.05) is 10.6 Å². The molecule has 1 aromatic carbocycles. The summed E-state index contributed by atoms with van der Waals surface area (Å²) in [5.41, 5.74) is 1.71. The molecule has 24 heavy (non-hydrogen) atoms. The number of rotatable bonds is 5. The standard InChI is InChI=1S/C18H19N5O/c1-3-6-12(2)21-18-20-10-9-14(23-18)13(11-19)17-22-15-7-4-5-8-16(15)24-17/h4-5,7-10,12,22H,3,6H2,1-2H3,(H,20,21,23)/b17-13-. The average Bonchev–Trinajstić information content (AvgIpc) is 2.99. The van der Waals surface area contributed by atoms with Crippen LogP contribution in [0.15, 0.2) is 42.4 Å². The Kier molecular flexibility index (Phi) is 4.62. The molecule has 1 aliphatic heterocycles. The molecular formula is C18H19N5O. The third-order valence-corrected chi connectivity index (χ3v) is 3.70. The average molecular weight is 321 g/mol. The van der Waals surface area contributed by atoms with Crippen molar-refractivity contribution >= 4 is 17.2 Å². The van der Waals surface area contributed by atoms with Crippen molar-refractivity contribution in [3.05, 3.63) is 48.1 Å². The van der Waals surface area contributed by atoms with Crippen molar-refractivity contribution < 1.29 is 4.74 Å². The molecule has 6 nitrogen and oxygen atoms in total. The highest BCUT2D eigenvalue weighted by atomic mass is 16.5. The molecule has 3 rings (SSSR count). The van der Waals surface area contributed by atoms with Crippen LogP contribution in [0.5, 0.6) is 5.75 Å². The smallest absolute Gasteiger partial charge is 0.223 e. The molecule has 0 bridgehead atoms. The minimum Gasteiger partial charge on any atom is -0.437 e. The van der Waals surface area contributed by atoms with Crippen molar-refractivity contribution in [2.45, 2.75) is 32.7 Å². The van der Waals surface area contributed by atoms with Gasteiger partial charge in [-0.2, -0.15) is 5.26 Å². The second-order valence-electron chi connectivity index (χ2n) is 5.64. The maximum atomic E-state index is 9.57. The number of nitrogens with zero attached hydrogens (tertiary/aromatic N) is 3. The van der Waals surface area contributed by atoms with E-state index in [1.807, 2.05) is 24.3 Å². The first kappa shape index (κ1) is 15.8. The Morgan fingerprint density at radius 1 is 1.38 bits per heavy atom. The number of hydrogen-bond acceptors (Lipinski definition) is 6. The van der Waals surface area contributed by atoms with Crippen molar-refractivity contribution in [3.63, 3.8) is 0 Å². The van der Waals surface area contributed by atoms with Crippen LogP contribution >= 0.6 is 0 Å². The van der Waals surface area contributed by atoms with E-state index in [4.69, 9.17) is 4.74 Å². The number of hydrogen-bond donors (Lipinski definition) is 2. The monoisotopic (exact) mass is 321 g/mol. The number of fused-ring (bicyclic) bond motifs is 1. The van der Waals surface area contributed by atoms with Gasteiger partial charge in [-0.05, 0) is 31.5 Å². The molecule has 0 saturated carbocycles. The first-order valence-electron chi connectivity index (χ1n) is 7.99. The summed E-state index contributed by atoms with van der Waals surface area (Å²) < 4.78 is 5.74. The van der Waals surface area contributed by atoms with Gasteiger partial charge < -0.3 is 15.4 Å². The van der Waals surface area contributed by atoms with Gasteiger partial charge in [0.2, 0.25) is 11.8 Å². The van der Waals surface area contributed by atoms with Crippen molar-refractivity contribution in [1.82, 2.24) is 9.97 Å². The van der Waals surface area contributed by atoms with E-state index in [0.717, 1.165) is 18.5 Å². The summed E-state index contributed by atoms with van der Waals surface area (Å²) in [5, 5.41) is 15.9. The van der Waals surface area contributed by atoms with Crippen LogP contribution in [0.2, 0.25) is 0 Å². The Labute approximate surface area is 141 Å². The third kappa shape index (κ3) is 3.30. The zero-order valence-electron chi connectivity index (χ0n) is 13.7. The molecule has 2 aromatic rings. The van der Waals surface area contributed by atoms with Crippen LogP contribution in [0.1, 0.15) is 32.4 Å². The molecule has 2 heterocycles. The highest BCUT2D eigenvalue weighted by Crippen LogP contribution is 2.35. The Morgan fingerprint density at radius 2 is 2.21 bits per heavy atom. The van der Waals surface area contributed by atoms with E-state index in [9.17, 15) is 5.26 Å². The number of nitriles is 1. The SMILES string of the molecule is CCCC(C)Nc1nccc(/C(C#N)=C2/Nc3ccccc3O2)n1. The largest absolute Gasteiger partial charge is 0.437 e. The number of aromatic nitrogens is 2. The van der Waals surface area contributed by atoms with Crippen LogP contribution in [0.25, 0.3) is 5.57 Å². The van der Waals surface area contributed by atoms with Crippen LogP contribution in [0.4, 0.5) is 11.6 Å². The normalized spacial score (nSPS) is 15.5. The highest BCUT2D eigenvalue weighted by Gasteiger charge is 2.22. The second kappa shape index (κ2) is 7.01. The molecule has 6 heteroatoms. The summed E-state index contributed by atoms with van der Waals surface area (Å²) in [5.74, 6) is 1.60. The molecule has 2 N–H and O–H groups in total. The van der Waals surface area contributed by atoms with Crippen molar-refractivity contribution in [1.29, 1.82) is 5.26 Å². The summed E-state index contributed by atoms with van der Waals surface area (Å²) >= 11 is 0. The summed E-state index contributed by atoms with van der Waals surface area (Å²) in [6, 6.07) is 11.7. The molecule has 0 radical (unpaired) electrons. The van der Waals surface area contributed by atoms with Crippen molar-refractivity contribution in [3.8, 4) is 11.8 Å². The van der Waals surface area contributed by atoms with Gasteiger partial charge in [0, 0.05) is 12.2 Å². The minimum absolute atomic E-state index is 0.272. The summed E-state index contributed by atoms with van der Waals surface area (Å²) in [6.45, 7) is 4.22. The predicted molar refractivity (Wildman–Crippen MR) is 93.3 cm³/mol. The fourth-order valence-corrected chi connectivity index (χ4v) is 2.55. The van der Waals surface area contributed by atoms with E-state index in [1.54, 1.807) is 12.3 Å². The lowest BCUT2D eigenvalue weighted by atomic mass is 10.2. The fourth-order valence-electron chi connectivity index (χ4n) is 2.55. The van der Waals surface area contributed by atoms with Crippen molar-refractivity contribution in [2.24, 2.45) is 0 Å². The summed E-state index contributed by atoms with van der Waals surface area (Å²) in [7, 11) is 0. The van der Waals surface area contributed by atoms with Crippen LogP contribution in [0.3, 0.4) is 0 Å². The van der Waals surface area contributed by atoms with Gasteiger partial charge >= 0.3 is 0 Å². The summed E-state index contributed by atoms with van der Waals surface area (Å²) in [4.78, 5) is 8.68. The van der Waals surface area contributed by atoms with Crippen LogP contribution < -0.4 is 15.4 Å². The number of allylic oxidation sites excluding steroid dienone is 1. The number of benzene rings is 1. The molecule has 0 amide bonds. The van der Waals surface area contributed by atoms with E-state index >= 15 is 0 Å². The first-order chi connectivity index (χ1) is 11.7. The van der Waals surface area contributed by atoms with Gasteiger partial charge in [0.1, 0.15) is 11.6 Å². The molecule has 0 fully saturated rings. The van der Waals surface area contributed by atoms with Crippen LogP contribution in [0, 0.1) is 11.3 Å². The van der Waals surface area contributed by atoms with E-state index in [0.29, 0.717) is 28.8 Å². The van der Waals surface area contributed by atoms with Gasteiger partial charge in [-0.25, -0.2) is 9.97 Å². The third-order valence-electron chi connectivity index (χ3n) is 3.70. The fraction of sp³-hybridized carbons (Fsp3) is 0.278. The molecule has 1 aromatic heterocycles. The molecule has 122 valence electrons. The van der Waals surface area contributed by atoms with E-state index in [2.05, 4.69) is 40.5 Å². The predicted octanol–water partition coefficient (Wildman–Crippen LogP) is 3.77. The van der Waals surface area contributed by atoms with Gasteiger partial charge in [-0.1, -0.05) is 25.5 Å². The molecule has 1 aliphatic rings. The van der Waals surface area contributed by atoms with Gasteiger partial charge in [0.15, 0.2) is 5.75 Å². The highest BCUT2D eigenvalue weighted by molar-refractivity contribution is 5.81. The van der Waals surface area contributed by atoms with Gasteiger partial charge in [0.25, 0.3) is 0 Å². The Morgan fingerprint density at radius 3 is 2.96 bits per heavy atom. The summed E-state index contributed by atoms with van der Waals surface area (Å²) in [6.07, 6.45) is 3.75. The van der Waals surface area contributed by atoms with Gasteiger partial charge in [-0.3, -0.25) is 0 Å². The molecular weight excluding hydrogens is 302 g/mol. The van der Waals surface area contributed by atoms with E-state index < -0.39 is 0 Å². The van der Waals surface area contributed by atoms with Crippen LogP contribution in [-0.4, -0.2) is 16.0 Å². The zero-order chi connectivity index (χ0) is 16.9. The lowest BCUT2D eigenvalue weighted by Crippen LogP contribution is -2.17. The number of anilines is 2. The zero-order valence-corrected chi connectivity index (χ0v) is 13.7. The first-order valence-corrected chi connectivity index (χ1v) is 7.99. The van der Waals surface area contributed by atoms with E-state index in [1.165, 1.54) is 0 Å².